The van der Waals surface area contributed by atoms with Gasteiger partial charge in [-0.3, -0.25) is 4.79 Å². The Labute approximate surface area is 101 Å². The summed E-state index contributed by atoms with van der Waals surface area (Å²) in [5.41, 5.74) is 2.53. The van der Waals surface area contributed by atoms with E-state index in [4.69, 9.17) is 0 Å². The standard InChI is InChI=1S/C13H17NOS/c1-2-13-11-5-8(7-16-13)14-12-4-3-9(15)6-10(11)12/h4,6,8,11,13-14H,2-3,5,7H2,1H3. The molecule has 0 aromatic heterocycles. The van der Waals surface area contributed by atoms with Crippen molar-refractivity contribution in [2.45, 2.75) is 37.5 Å². The van der Waals surface area contributed by atoms with Crippen LogP contribution in [0.4, 0.5) is 0 Å². The van der Waals surface area contributed by atoms with Gasteiger partial charge < -0.3 is 5.32 Å². The molecule has 0 aromatic carbocycles. The molecule has 0 amide bonds. The van der Waals surface area contributed by atoms with E-state index >= 15 is 0 Å². The monoisotopic (exact) mass is 235 g/mol. The van der Waals surface area contributed by atoms with E-state index in [-0.39, 0.29) is 5.78 Å². The smallest absolute Gasteiger partial charge is 0.159 e. The van der Waals surface area contributed by atoms with Crippen molar-refractivity contribution in [3.63, 3.8) is 0 Å². The molecule has 3 atom stereocenters. The average Bonchev–Trinajstić information content (AvgIpc) is 2.31. The third-order valence-corrected chi connectivity index (χ3v) is 5.48. The van der Waals surface area contributed by atoms with Crippen molar-refractivity contribution < 1.29 is 4.79 Å². The minimum absolute atomic E-state index is 0.268. The van der Waals surface area contributed by atoms with Gasteiger partial charge in [-0.05, 0) is 30.4 Å². The molecule has 0 saturated carbocycles. The molecule has 0 radical (unpaired) electrons. The molecule has 0 spiro atoms. The molecule has 1 N–H and O–H groups in total. The van der Waals surface area contributed by atoms with E-state index in [2.05, 4.69) is 30.1 Å². The van der Waals surface area contributed by atoms with Crippen molar-refractivity contribution in [3.05, 3.63) is 23.4 Å². The lowest BCUT2D eigenvalue weighted by Crippen LogP contribution is -2.47. The van der Waals surface area contributed by atoms with Gasteiger partial charge in [-0.25, -0.2) is 0 Å². The van der Waals surface area contributed by atoms with Gasteiger partial charge >= 0.3 is 0 Å². The van der Waals surface area contributed by atoms with Gasteiger partial charge in [0, 0.05) is 29.2 Å². The SMILES string of the molecule is CCC1SCC2CC1C1=CC(=O)CC=C1N2. The topological polar surface area (TPSA) is 29.1 Å². The first-order valence-corrected chi connectivity index (χ1v) is 7.16. The van der Waals surface area contributed by atoms with Crippen molar-refractivity contribution >= 4 is 17.5 Å². The molecule has 2 fully saturated rings. The van der Waals surface area contributed by atoms with E-state index in [0.717, 1.165) is 0 Å². The summed E-state index contributed by atoms with van der Waals surface area (Å²) in [4.78, 5) is 11.5. The molecule has 3 aliphatic rings. The fourth-order valence-corrected chi connectivity index (χ4v) is 4.44. The molecule has 3 unspecified atom stereocenters. The predicted octanol–water partition coefficient (Wildman–Crippen LogP) is 2.27. The van der Waals surface area contributed by atoms with Crippen LogP contribution in [-0.4, -0.2) is 22.8 Å². The number of thioether (sulfide) groups is 1. The molecule has 2 bridgehead atoms. The second-order valence-corrected chi connectivity index (χ2v) is 6.12. The molecule has 1 aliphatic carbocycles. The van der Waals surface area contributed by atoms with Crippen LogP contribution in [0.2, 0.25) is 0 Å². The summed E-state index contributed by atoms with van der Waals surface area (Å²) in [6, 6.07) is 0.620. The second kappa shape index (κ2) is 3.95. The maximum Gasteiger partial charge on any atom is 0.159 e. The van der Waals surface area contributed by atoms with Crippen LogP contribution in [-0.2, 0) is 4.79 Å². The number of fused-ring (bicyclic) bond motifs is 4. The van der Waals surface area contributed by atoms with E-state index in [0.29, 0.717) is 23.6 Å². The highest BCUT2D eigenvalue weighted by atomic mass is 32.2. The highest BCUT2D eigenvalue weighted by Crippen LogP contribution is 2.43. The number of hydrogen-bond donors (Lipinski definition) is 1. The van der Waals surface area contributed by atoms with Gasteiger partial charge in [-0.2, -0.15) is 11.8 Å². The fraction of sp³-hybridized carbons (Fsp3) is 0.615. The quantitative estimate of drug-likeness (QED) is 0.756. The Bertz CT molecular complexity index is 385. The van der Waals surface area contributed by atoms with E-state index < -0.39 is 0 Å². The largest absolute Gasteiger partial charge is 0.381 e. The van der Waals surface area contributed by atoms with Crippen molar-refractivity contribution in [2.75, 3.05) is 5.75 Å². The zero-order valence-corrected chi connectivity index (χ0v) is 10.3. The normalized spacial score (nSPS) is 37.1. The number of carbonyl (C=O) groups is 1. The van der Waals surface area contributed by atoms with Crippen LogP contribution in [0.3, 0.4) is 0 Å². The van der Waals surface area contributed by atoms with Crippen molar-refractivity contribution in [1.82, 2.24) is 5.32 Å². The molecule has 2 saturated heterocycles. The Morgan fingerprint density at radius 3 is 3.25 bits per heavy atom. The summed E-state index contributed by atoms with van der Waals surface area (Å²) < 4.78 is 0. The Balaban J connectivity index is 1.95. The molecule has 3 rings (SSSR count). The van der Waals surface area contributed by atoms with Crippen LogP contribution in [0.5, 0.6) is 0 Å². The number of carbonyl (C=O) groups excluding carboxylic acids is 1. The minimum atomic E-state index is 0.268. The van der Waals surface area contributed by atoms with Crippen LogP contribution < -0.4 is 5.32 Å². The summed E-state index contributed by atoms with van der Waals surface area (Å²) in [7, 11) is 0. The van der Waals surface area contributed by atoms with Gasteiger partial charge in [0.25, 0.3) is 0 Å². The van der Waals surface area contributed by atoms with Gasteiger partial charge in [0.15, 0.2) is 5.78 Å². The average molecular weight is 235 g/mol. The van der Waals surface area contributed by atoms with Crippen LogP contribution >= 0.6 is 11.8 Å². The molecular weight excluding hydrogens is 218 g/mol. The van der Waals surface area contributed by atoms with Gasteiger partial charge in [0.2, 0.25) is 0 Å². The lowest BCUT2D eigenvalue weighted by Gasteiger charge is -2.44. The number of piperidine rings is 1. The van der Waals surface area contributed by atoms with Crippen LogP contribution in [0.1, 0.15) is 26.2 Å². The van der Waals surface area contributed by atoms with E-state index in [1.807, 2.05) is 6.08 Å². The predicted molar refractivity (Wildman–Crippen MR) is 67.4 cm³/mol. The number of allylic oxidation sites excluding steroid dienone is 3. The number of nitrogens with one attached hydrogen (secondary N) is 1. The van der Waals surface area contributed by atoms with E-state index in [1.54, 1.807) is 0 Å². The second-order valence-electron chi connectivity index (χ2n) is 4.85. The molecular formula is C13H17NOS. The van der Waals surface area contributed by atoms with Crippen molar-refractivity contribution in [3.8, 4) is 0 Å². The zero-order chi connectivity index (χ0) is 11.1. The molecule has 3 heteroatoms. The highest BCUT2D eigenvalue weighted by molar-refractivity contribution is 8.00. The Morgan fingerprint density at radius 2 is 2.44 bits per heavy atom. The highest BCUT2D eigenvalue weighted by Gasteiger charge is 2.38. The lowest BCUT2D eigenvalue weighted by atomic mass is 9.79. The van der Waals surface area contributed by atoms with Crippen LogP contribution in [0.25, 0.3) is 0 Å². The molecule has 16 heavy (non-hydrogen) atoms. The lowest BCUT2D eigenvalue weighted by molar-refractivity contribution is -0.114. The molecule has 2 heterocycles. The first kappa shape index (κ1) is 10.5. The molecule has 2 aliphatic heterocycles. The Hall–Kier alpha value is -0.700. The van der Waals surface area contributed by atoms with Crippen molar-refractivity contribution in [2.24, 2.45) is 5.92 Å². The maximum atomic E-state index is 11.5. The number of rotatable bonds is 1. The summed E-state index contributed by atoms with van der Waals surface area (Å²) in [5, 5.41) is 4.28. The molecule has 0 aromatic rings. The summed E-state index contributed by atoms with van der Waals surface area (Å²) in [5.74, 6) is 2.09. The van der Waals surface area contributed by atoms with Crippen molar-refractivity contribution in [1.29, 1.82) is 0 Å². The Kier molecular flexibility index (Phi) is 2.58. The number of hydrogen-bond acceptors (Lipinski definition) is 3. The van der Waals surface area contributed by atoms with Gasteiger partial charge in [0.05, 0.1) is 0 Å². The first-order chi connectivity index (χ1) is 7.78. The summed E-state index contributed by atoms with van der Waals surface area (Å²) in [6.45, 7) is 2.26. The summed E-state index contributed by atoms with van der Waals surface area (Å²) >= 11 is 2.07. The minimum Gasteiger partial charge on any atom is -0.381 e. The van der Waals surface area contributed by atoms with E-state index in [1.165, 1.54) is 29.9 Å². The molecule has 2 nitrogen and oxygen atoms in total. The van der Waals surface area contributed by atoms with Gasteiger partial charge in [0.1, 0.15) is 0 Å². The zero-order valence-electron chi connectivity index (χ0n) is 9.53. The Morgan fingerprint density at radius 1 is 1.56 bits per heavy atom. The summed E-state index contributed by atoms with van der Waals surface area (Å²) in [6.07, 6.45) is 6.97. The maximum absolute atomic E-state index is 11.5. The van der Waals surface area contributed by atoms with Crippen LogP contribution in [0.15, 0.2) is 23.4 Å². The van der Waals surface area contributed by atoms with Gasteiger partial charge in [-0.15, -0.1) is 0 Å². The van der Waals surface area contributed by atoms with Crippen LogP contribution in [0, 0.1) is 5.92 Å². The fourth-order valence-electron chi connectivity index (χ4n) is 3.01. The number of ketones is 1. The first-order valence-electron chi connectivity index (χ1n) is 6.11. The molecule has 86 valence electrons. The van der Waals surface area contributed by atoms with Gasteiger partial charge in [-0.1, -0.05) is 13.0 Å². The third-order valence-electron chi connectivity index (χ3n) is 3.80. The van der Waals surface area contributed by atoms with E-state index in [9.17, 15) is 4.79 Å². The third kappa shape index (κ3) is 1.61.